The fourth-order valence-corrected chi connectivity index (χ4v) is 2.05. The maximum Gasteiger partial charge on any atom is 0.257 e. The molecule has 1 aromatic rings. The van der Waals surface area contributed by atoms with Crippen LogP contribution in [0.1, 0.15) is 29.3 Å². The molecule has 3 nitrogen and oxygen atoms in total. The van der Waals surface area contributed by atoms with E-state index in [1.54, 1.807) is 12.0 Å². The predicted octanol–water partition coefficient (Wildman–Crippen LogP) is 3.09. The minimum atomic E-state index is -0.0157. The van der Waals surface area contributed by atoms with E-state index in [1.165, 1.54) is 0 Å². The molecular formula is C14H20ClNO2. The molecule has 100 valence electrons. The van der Waals surface area contributed by atoms with Crippen LogP contribution in [0.3, 0.4) is 0 Å². The number of ether oxygens (including phenoxy) is 1. The first-order valence-electron chi connectivity index (χ1n) is 6.13. The van der Waals surface area contributed by atoms with Crippen molar-refractivity contribution in [1.82, 2.24) is 4.90 Å². The lowest BCUT2D eigenvalue weighted by molar-refractivity contribution is 0.0762. The molecule has 0 radical (unpaired) electrons. The van der Waals surface area contributed by atoms with Gasteiger partial charge in [0.15, 0.2) is 0 Å². The largest absolute Gasteiger partial charge is 0.496 e. The summed E-state index contributed by atoms with van der Waals surface area (Å²) in [7, 11) is 1.58. The van der Waals surface area contributed by atoms with Crippen molar-refractivity contribution in [1.29, 1.82) is 0 Å². The van der Waals surface area contributed by atoms with E-state index in [0.717, 1.165) is 12.0 Å². The summed E-state index contributed by atoms with van der Waals surface area (Å²) in [5.41, 5.74) is 1.65. The van der Waals surface area contributed by atoms with Crippen LogP contribution >= 0.6 is 11.6 Å². The lowest BCUT2D eigenvalue weighted by atomic mass is 10.1. The lowest BCUT2D eigenvalue weighted by Crippen LogP contribution is -2.33. The summed E-state index contributed by atoms with van der Waals surface area (Å²) in [6.45, 7) is 5.28. The number of carbonyl (C=O) groups excluding carboxylic acids is 1. The van der Waals surface area contributed by atoms with Gasteiger partial charge in [0.25, 0.3) is 5.91 Å². The van der Waals surface area contributed by atoms with Crippen molar-refractivity contribution in [2.75, 3.05) is 26.1 Å². The molecular weight excluding hydrogens is 250 g/mol. The third-order valence-corrected chi connectivity index (χ3v) is 2.89. The summed E-state index contributed by atoms with van der Waals surface area (Å²) in [5.74, 6) is 1.04. The van der Waals surface area contributed by atoms with Crippen LogP contribution in [0.15, 0.2) is 18.2 Å². The standard InChI is InChI=1S/C14H20ClNO2/c1-4-8-16(9-7-15)14(17)12-10-11(2)5-6-13(12)18-3/h5-6,10H,4,7-9H2,1-3H3. The summed E-state index contributed by atoms with van der Waals surface area (Å²) in [6.07, 6.45) is 0.913. The summed E-state index contributed by atoms with van der Waals surface area (Å²) in [6, 6.07) is 5.62. The number of rotatable bonds is 6. The van der Waals surface area contributed by atoms with Crippen LogP contribution in [0.5, 0.6) is 5.75 Å². The smallest absolute Gasteiger partial charge is 0.257 e. The van der Waals surface area contributed by atoms with Crippen LogP contribution in [0.2, 0.25) is 0 Å². The molecule has 0 heterocycles. The normalized spacial score (nSPS) is 10.2. The van der Waals surface area contributed by atoms with Crippen LogP contribution in [0, 0.1) is 6.92 Å². The lowest BCUT2D eigenvalue weighted by Gasteiger charge is -2.22. The Balaban J connectivity index is 3.02. The van der Waals surface area contributed by atoms with Gasteiger partial charge in [-0.3, -0.25) is 4.79 Å². The Morgan fingerprint density at radius 2 is 2.11 bits per heavy atom. The number of halogens is 1. The van der Waals surface area contributed by atoms with Gasteiger partial charge in [0.05, 0.1) is 12.7 Å². The maximum atomic E-state index is 12.4. The van der Waals surface area contributed by atoms with E-state index >= 15 is 0 Å². The number of hydrogen-bond acceptors (Lipinski definition) is 2. The van der Waals surface area contributed by atoms with Gasteiger partial charge in [-0.05, 0) is 25.5 Å². The molecule has 0 saturated heterocycles. The second-order valence-electron chi connectivity index (χ2n) is 4.18. The molecule has 0 N–H and O–H groups in total. The molecule has 0 saturated carbocycles. The van der Waals surface area contributed by atoms with E-state index in [1.807, 2.05) is 32.0 Å². The Morgan fingerprint density at radius 1 is 1.39 bits per heavy atom. The average molecular weight is 270 g/mol. The van der Waals surface area contributed by atoms with E-state index in [9.17, 15) is 4.79 Å². The van der Waals surface area contributed by atoms with E-state index in [4.69, 9.17) is 16.3 Å². The van der Waals surface area contributed by atoms with E-state index in [2.05, 4.69) is 0 Å². The third-order valence-electron chi connectivity index (χ3n) is 2.72. The van der Waals surface area contributed by atoms with Gasteiger partial charge < -0.3 is 9.64 Å². The van der Waals surface area contributed by atoms with Crippen LogP contribution in [-0.2, 0) is 0 Å². The Labute approximate surface area is 114 Å². The molecule has 0 atom stereocenters. The highest BCUT2D eigenvalue weighted by molar-refractivity contribution is 6.18. The number of benzene rings is 1. The topological polar surface area (TPSA) is 29.5 Å². The van der Waals surface area contributed by atoms with Crippen LogP contribution in [-0.4, -0.2) is 36.9 Å². The number of methoxy groups -OCH3 is 1. The zero-order valence-electron chi connectivity index (χ0n) is 11.2. The number of aryl methyl sites for hydroxylation is 1. The highest BCUT2D eigenvalue weighted by Crippen LogP contribution is 2.21. The molecule has 0 bridgehead atoms. The Morgan fingerprint density at radius 3 is 2.67 bits per heavy atom. The van der Waals surface area contributed by atoms with Gasteiger partial charge in [-0.2, -0.15) is 0 Å². The number of alkyl halides is 1. The fraction of sp³-hybridized carbons (Fsp3) is 0.500. The van der Waals surface area contributed by atoms with Crippen molar-refractivity contribution < 1.29 is 9.53 Å². The number of carbonyl (C=O) groups is 1. The van der Waals surface area contributed by atoms with Crippen molar-refractivity contribution in [3.8, 4) is 5.75 Å². The van der Waals surface area contributed by atoms with E-state index in [-0.39, 0.29) is 5.91 Å². The van der Waals surface area contributed by atoms with Crippen molar-refractivity contribution in [2.45, 2.75) is 20.3 Å². The summed E-state index contributed by atoms with van der Waals surface area (Å²) in [5, 5.41) is 0. The Kier molecular flexibility index (Phi) is 5.99. The molecule has 0 aliphatic carbocycles. The second-order valence-corrected chi connectivity index (χ2v) is 4.56. The van der Waals surface area contributed by atoms with Crippen molar-refractivity contribution in [2.24, 2.45) is 0 Å². The van der Waals surface area contributed by atoms with Crippen LogP contribution < -0.4 is 4.74 Å². The van der Waals surface area contributed by atoms with Crippen molar-refractivity contribution >= 4 is 17.5 Å². The van der Waals surface area contributed by atoms with E-state index < -0.39 is 0 Å². The SMILES string of the molecule is CCCN(CCCl)C(=O)c1cc(C)ccc1OC. The molecule has 0 fully saturated rings. The van der Waals surface area contributed by atoms with Crippen LogP contribution in [0.25, 0.3) is 0 Å². The third kappa shape index (κ3) is 3.64. The molecule has 0 aromatic heterocycles. The number of amides is 1. The molecule has 0 aliphatic heterocycles. The maximum absolute atomic E-state index is 12.4. The van der Waals surface area contributed by atoms with Gasteiger partial charge in [0, 0.05) is 19.0 Å². The van der Waals surface area contributed by atoms with Gasteiger partial charge >= 0.3 is 0 Å². The summed E-state index contributed by atoms with van der Waals surface area (Å²) >= 11 is 5.74. The second kappa shape index (κ2) is 7.27. The zero-order chi connectivity index (χ0) is 13.5. The number of nitrogens with zero attached hydrogens (tertiary/aromatic N) is 1. The minimum absolute atomic E-state index is 0.0157. The summed E-state index contributed by atoms with van der Waals surface area (Å²) in [4.78, 5) is 14.2. The van der Waals surface area contributed by atoms with Crippen LogP contribution in [0.4, 0.5) is 0 Å². The number of hydrogen-bond donors (Lipinski definition) is 0. The molecule has 1 amide bonds. The molecule has 0 spiro atoms. The highest BCUT2D eigenvalue weighted by Gasteiger charge is 2.18. The van der Waals surface area contributed by atoms with Gasteiger partial charge in [-0.15, -0.1) is 11.6 Å². The van der Waals surface area contributed by atoms with Gasteiger partial charge in [-0.25, -0.2) is 0 Å². The van der Waals surface area contributed by atoms with Gasteiger partial charge in [0.2, 0.25) is 0 Å². The predicted molar refractivity (Wildman–Crippen MR) is 74.6 cm³/mol. The van der Waals surface area contributed by atoms with Gasteiger partial charge in [-0.1, -0.05) is 18.6 Å². The molecule has 0 aliphatic rings. The average Bonchev–Trinajstić information content (AvgIpc) is 2.37. The molecule has 4 heteroatoms. The molecule has 0 unspecified atom stereocenters. The first kappa shape index (κ1) is 14.8. The molecule has 18 heavy (non-hydrogen) atoms. The quantitative estimate of drug-likeness (QED) is 0.743. The van der Waals surface area contributed by atoms with Gasteiger partial charge in [0.1, 0.15) is 5.75 Å². The molecule has 1 rings (SSSR count). The fourth-order valence-electron chi connectivity index (χ4n) is 1.85. The van der Waals surface area contributed by atoms with E-state index in [0.29, 0.717) is 30.3 Å². The van der Waals surface area contributed by atoms with Crippen molar-refractivity contribution in [3.05, 3.63) is 29.3 Å². The first-order valence-corrected chi connectivity index (χ1v) is 6.67. The monoisotopic (exact) mass is 269 g/mol. The highest BCUT2D eigenvalue weighted by atomic mass is 35.5. The zero-order valence-corrected chi connectivity index (χ0v) is 12.0. The first-order chi connectivity index (χ1) is 8.63. The summed E-state index contributed by atoms with van der Waals surface area (Å²) < 4.78 is 5.25. The minimum Gasteiger partial charge on any atom is -0.496 e. The Hall–Kier alpha value is -1.22. The Bertz CT molecular complexity index is 401. The molecule has 1 aromatic carbocycles. The van der Waals surface area contributed by atoms with Crippen molar-refractivity contribution in [3.63, 3.8) is 0 Å².